The van der Waals surface area contributed by atoms with Crippen molar-refractivity contribution in [2.75, 3.05) is 12.4 Å². The zero-order valence-corrected chi connectivity index (χ0v) is 11.9. The Morgan fingerprint density at radius 2 is 2.00 bits per heavy atom. The standard InChI is InChI=1S/C16H14N4O2/c1-22-16-12(8-5-9-17-16)15(21)18-14-10-13(19-20-14)11-6-3-2-4-7-11/h2-10H,1H3,(H2,18,19,20,21). The molecular formula is C16H14N4O2. The summed E-state index contributed by atoms with van der Waals surface area (Å²) < 4.78 is 5.08. The fourth-order valence-corrected chi connectivity index (χ4v) is 2.06. The Morgan fingerprint density at radius 3 is 2.77 bits per heavy atom. The average Bonchev–Trinajstić information content (AvgIpc) is 3.04. The predicted molar refractivity (Wildman–Crippen MR) is 82.8 cm³/mol. The summed E-state index contributed by atoms with van der Waals surface area (Å²) in [5, 5.41) is 9.71. The van der Waals surface area contributed by atoms with E-state index in [-0.39, 0.29) is 11.8 Å². The van der Waals surface area contributed by atoms with E-state index in [2.05, 4.69) is 20.5 Å². The highest BCUT2D eigenvalue weighted by molar-refractivity contribution is 6.05. The van der Waals surface area contributed by atoms with Crippen LogP contribution in [0.5, 0.6) is 5.88 Å². The van der Waals surface area contributed by atoms with Crippen LogP contribution in [0.15, 0.2) is 54.7 Å². The van der Waals surface area contributed by atoms with Gasteiger partial charge in [-0.1, -0.05) is 30.3 Å². The van der Waals surface area contributed by atoms with E-state index in [0.717, 1.165) is 11.3 Å². The average molecular weight is 294 g/mol. The van der Waals surface area contributed by atoms with Gasteiger partial charge in [0, 0.05) is 12.3 Å². The van der Waals surface area contributed by atoms with Gasteiger partial charge in [0.1, 0.15) is 5.56 Å². The van der Waals surface area contributed by atoms with Crippen LogP contribution in [-0.4, -0.2) is 28.2 Å². The number of methoxy groups -OCH3 is 1. The lowest BCUT2D eigenvalue weighted by Gasteiger charge is -2.05. The number of amides is 1. The van der Waals surface area contributed by atoms with Gasteiger partial charge in [-0.25, -0.2) is 4.98 Å². The van der Waals surface area contributed by atoms with E-state index in [1.807, 2.05) is 30.3 Å². The smallest absolute Gasteiger partial charge is 0.262 e. The summed E-state index contributed by atoms with van der Waals surface area (Å²) in [6.45, 7) is 0. The molecule has 110 valence electrons. The topological polar surface area (TPSA) is 79.9 Å². The molecule has 0 spiro atoms. The van der Waals surface area contributed by atoms with Gasteiger partial charge in [-0.3, -0.25) is 9.89 Å². The molecule has 1 amide bonds. The van der Waals surface area contributed by atoms with Crippen LogP contribution >= 0.6 is 0 Å². The number of carbonyl (C=O) groups excluding carboxylic acids is 1. The second-order valence-corrected chi connectivity index (χ2v) is 4.55. The van der Waals surface area contributed by atoms with Crippen molar-refractivity contribution >= 4 is 11.7 Å². The maximum Gasteiger partial charge on any atom is 0.262 e. The van der Waals surface area contributed by atoms with Gasteiger partial charge < -0.3 is 10.1 Å². The Bertz CT molecular complexity index is 784. The lowest BCUT2D eigenvalue weighted by Crippen LogP contribution is -2.14. The fraction of sp³-hybridized carbons (Fsp3) is 0.0625. The summed E-state index contributed by atoms with van der Waals surface area (Å²) in [7, 11) is 1.47. The number of ether oxygens (including phenoxy) is 1. The van der Waals surface area contributed by atoms with E-state index in [1.165, 1.54) is 7.11 Å². The molecule has 0 unspecified atom stereocenters. The van der Waals surface area contributed by atoms with E-state index in [4.69, 9.17) is 4.74 Å². The largest absolute Gasteiger partial charge is 0.480 e. The molecule has 2 heterocycles. The molecular weight excluding hydrogens is 280 g/mol. The highest BCUT2D eigenvalue weighted by Crippen LogP contribution is 2.20. The maximum atomic E-state index is 12.3. The van der Waals surface area contributed by atoms with Crippen LogP contribution in [0.1, 0.15) is 10.4 Å². The number of aromatic amines is 1. The normalized spacial score (nSPS) is 10.2. The first kappa shape index (κ1) is 13.8. The molecule has 0 aliphatic carbocycles. The number of nitrogens with zero attached hydrogens (tertiary/aromatic N) is 2. The van der Waals surface area contributed by atoms with Crippen LogP contribution in [-0.2, 0) is 0 Å². The van der Waals surface area contributed by atoms with Gasteiger partial charge in [0.05, 0.1) is 12.8 Å². The van der Waals surface area contributed by atoms with Gasteiger partial charge in [0.25, 0.3) is 5.91 Å². The molecule has 6 heteroatoms. The zero-order valence-electron chi connectivity index (χ0n) is 11.9. The van der Waals surface area contributed by atoms with Gasteiger partial charge in [-0.2, -0.15) is 5.10 Å². The molecule has 2 aromatic heterocycles. The molecule has 2 N–H and O–H groups in total. The maximum absolute atomic E-state index is 12.3. The minimum Gasteiger partial charge on any atom is -0.480 e. The number of benzene rings is 1. The molecule has 0 bridgehead atoms. The molecule has 3 aromatic rings. The number of nitrogens with one attached hydrogen (secondary N) is 2. The summed E-state index contributed by atoms with van der Waals surface area (Å²) >= 11 is 0. The first-order chi connectivity index (χ1) is 10.8. The molecule has 0 saturated carbocycles. The van der Waals surface area contributed by atoms with E-state index in [9.17, 15) is 4.79 Å². The lowest BCUT2D eigenvalue weighted by atomic mass is 10.1. The van der Waals surface area contributed by atoms with Crippen molar-refractivity contribution < 1.29 is 9.53 Å². The van der Waals surface area contributed by atoms with Crippen LogP contribution in [0.25, 0.3) is 11.3 Å². The molecule has 1 aromatic carbocycles. The minimum absolute atomic E-state index is 0.277. The van der Waals surface area contributed by atoms with Crippen molar-refractivity contribution in [1.82, 2.24) is 15.2 Å². The zero-order chi connectivity index (χ0) is 15.4. The number of hydrogen-bond donors (Lipinski definition) is 2. The van der Waals surface area contributed by atoms with Crippen molar-refractivity contribution in [1.29, 1.82) is 0 Å². The SMILES string of the molecule is COc1ncccc1C(=O)Nc1cc(-c2ccccc2)[nH]n1. The minimum atomic E-state index is -0.323. The number of H-pyrrole nitrogens is 1. The third kappa shape index (κ3) is 2.80. The summed E-state index contributed by atoms with van der Waals surface area (Å²) in [5.41, 5.74) is 2.18. The second-order valence-electron chi connectivity index (χ2n) is 4.55. The summed E-state index contributed by atoms with van der Waals surface area (Å²) in [5.74, 6) is 0.393. The highest BCUT2D eigenvalue weighted by atomic mass is 16.5. The number of pyridine rings is 1. The molecule has 6 nitrogen and oxygen atoms in total. The van der Waals surface area contributed by atoms with Crippen molar-refractivity contribution in [3.8, 4) is 17.1 Å². The summed E-state index contributed by atoms with van der Waals surface area (Å²) in [4.78, 5) is 16.3. The van der Waals surface area contributed by atoms with E-state index >= 15 is 0 Å². The highest BCUT2D eigenvalue weighted by Gasteiger charge is 2.14. The van der Waals surface area contributed by atoms with Gasteiger partial charge in [-0.15, -0.1) is 0 Å². The van der Waals surface area contributed by atoms with E-state index in [0.29, 0.717) is 11.4 Å². The van der Waals surface area contributed by atoms with Crippen molar-refractivity contribution in [3.05, 3.63) is 60.3 Å². The summed E-state index contributed by atoms with van der Waals surface area (Å²) in [6.07, 6.45) is 1.57. The number of rotatable bonds is 4. The molecule has 0 aliphatic rings. The van der Waals surface area contributed by atoms with Gasteiger partial charge in [0.15, 0.2) is 5.82 Å². The molecule has 22 heavy (non-hydrogen) atoms. The van der Waals surface area contributed by atoms with Crippen molar-refractivity contribution in [2.24, 2.45) is 0 Å². The Labute approximate surface area is 127 Å². The second kappa shape index (κ2) is 6.09. The van der Waals surface area contributed by atoms with Crippen LogP contribution in [0.2, 0.25) is 0 Å². The van der Waals surface area contributed by atoms with E-state index in [1.54, 1.807) is 24.4 Å². The van der Waals surface area contributed by atoms with Crippen molar-refractivity contribution in [3.63, 3.8) is 0 Å². The third-order valence-corrected chi connectivity index (χ3v) is 3.11. The Morgan fingerprint density at radius 1 is 1.18 bits per heavy atom. The monoisotopic (exact) mass is 294 g/mol. The van der Waals surface area contributed by atoms with Gasteiger partial charge in [-0.05, 0) is 17.7 Å². The van der Waals surface area contributed by atoms with Crippen molar-refractivity contribution in [2.45, 2.75) is 0 Å². The molecule has 0 fully saturated rings. The first-order valence-corrected chi connectivity index (χ1v) is 6.69. The molecule has 0 atom stereocenters. The predicted octanol–water partition coefficient (Wildman–Crippen LogP) is 2.73. The Kier molecular flexibility index (Phi) is 3.82. The molecule has 0 aliphatic heterocycles. The fourth-order valence-electron chi connectivity index (χ4n) is 2.06. The Balaban J connectivity index is 1.79. The van der Waals surface area contributed by atoms with Crippen LogP contribution in [0.4, 0.5) is 5.82 Å². The Hall–Kier alpha value is -3.15. The number of anilines is 1. The lowest BCUT2D eigenvalue weighted by molar-refractivity contribution is 0.102. The first-order valence-electron chi connectivity index (χ1n) is 6.69. The molecule has 0 radical (unpaired) electrons. The van der Waals surface area contributed by atoms with Gasteiger partial charge >= 0.3 is 0 Å². The third-order valence-electron chi connectivity index (χ3n) is 3.11. The molecule has 0 saturated heterocycles. The number of carbonyl (C=O) groups is 1. The summed E-state index contributed by atoms with van der Waals surface area (Å²) in [6, 6.07) is 14.8. The van der Waals surface area contributed by atoms with E-state index < -0.39 is 0 Å². The number of aromatic nitrogens is 3. The molecule has 3 rings (SSSR count). The van der Waals surface area contributed by atoms with Crippen LogP contribution in [0, 0.1) is 0 Å². The number of hydrogen-bond acceptors (Lipinski definition) is 4. The quantitative estimate of drug-likeness (QED) is 0.775. The van der Waals surface area contributed by atoms with Crippen LogP contribution in [0.3, 0.4) is 0 Å². The van der Waals surface area contributed by atoms with Crippen LogP contribution < -0.4 is 10.1 Å². The van der Waals surface area contributed by atoms with Gasteiger partial charge in [0.2, 0.25) is 5.88 Å².